The lowest BCUT2D eigenvalue weighted by atomic mass is 10.3. The zero-order valence-electron chi connectivity index (χ0n) is 10.4. The minimum Gasteiger partial charge on any atom is -0.383 e. The summed E-state index contributed by atoms with van der Waals surface area (Å²) in [5, 5.41) is 0. The summed E-state index contributed by atoms with van der Waals surface area (Å²) in [6.45, 7) is 9.05. The molecule has 0 unspecified atom stereocenters. The van der Waals surface area contributed by atoms with Gasteiger partial charge in [-0.05, 0) is 14.1 Å². The number of rotatable bonds is 6. The van der Waals surface area contributed by atoms with Crippen molar-refractivity contribution in [2.24, 2.45) is 0 Å². The van der Waals surface area contributed by atoms with Crippen LogP contribution in [0.2, 0.25) is 0 Å². The largest absolute Gasteiger partial charge is 0.383 e. The van der Waals surface area contributed by atoms with Gasteiger partial charge in [0.2, 0.25) is 0 Å². The van der Waals surface area contributed by atoms with Crippen LogP contribution in [0, 0.1) is 0 Å². The molecular weight excluding hydrogens is 190 g/mol. The predicted molar refractivity (Wildman–Crippen MR) is 63.3 cm³/mol. The van der Waals surface area contributed by atoms with Crippen molar-refractivity contribution in [3.63, 3.8) is 0 Å². The quantitative estimate of drug-likeness (QED) is 0.611. The van der Waals surface area contributed by atoms with E-state index in [0.717, 1.165) is 19.7 Å². The third-order valence-corrected chi connectivity index (χ3v) is 3.07. The molecule has 0 aromatic heterocycles. The molecule has 0 N–H and O–H groups in total. The Morgan fingerprint density at radius 3 is 2.40 bits per heavy atom. The summed E-state index contributed by atoms with van der Waals surface area (Å²) in [6, 6.07) is 0. The highest BCUT2D eigenvalue weighted by molar-refractivity contribution is 4.70. The zero-order chi connectivity index (χ0) is 11.1. The standard InChI is InChI=1S/C11H25N3O/c1-12-4-7-14(8-5-12)9-6-13(2)10-11-15-3/h4-11H2,1-3H3. The summed E-state index contributed by atoms with van der Waals surface area (Å²) in [5.74, 6) is 0. The van der Waals surface area contributed by atoms with Crippen LogP contribution in [-0.2, 0) is 4.74 Å². The van der Waals surface area contributed by atoms with Gasteiger partial charge < -0.3 is 14.5 Å². The summed E-state index contributed by atoms with van der Waals surface area (Å²) < 4.78 is 5.06. The third kappa shape index (κ3) is 5.47. The molecule has 90 valence electrons. The van der Waals surface area contributed by atoms with Crippen molar-refractivity contribution in [2.75, 3.05) is 73.6 Å². The van der Waals surface area contributed by atoms with Crippen LogP contribution >= 0.6 is 0 Å². The minimum absolute atomic E-state index is 0.833. The van der Waals surface area contributed by atoms with E-state index in [1.807, 2.05) is 0 Å². The Bertz CT molecular complexity index is 158. The minimum atomic E-state index is 0.833. The molecule has 4 nitrogen and oxygen atoms in total. The second kappa shape index (κ2) is 7.17. The van der Waals surface area contributed by atoms with E-state index in [4.69, 9.17) is 4.74 Å². The molecule has 1 saturated heterocycles. The monoisotopic (exact) mass is 215 g/mol. The van der Waals surface area contributed by atoms with Gasteiger partial charge in [-0.3, -0.25) is 4.90 Å². The summed E-state index contributed by atoms with van der Waals surface area (Å²) in [4.78, 5) is 7.27. The highest BCUT2D eigenvalue weighted by atomic mass is 16.5. The first kappa shape index (κ1) is 12.9. The maximum absolute atomic E-state index is 5.06. The Kier molecular flexibility index (Phi) is 6.17. The molecule has 1 heterocycles. The van der Waals surface area contributed by atoms with E-state index in [2.05, 4.69) is 28.8 Å². The number of methoxy groups -OCH3 is 1. The SMILES string of the molecule is COCCN(C)CCN1CCN(C)CC1. The predicted octanol–water partition coefficient (Wildman–Crippen LogP) is -0.188. The van der Waals surface area contributed by atoms with Crippen molar-refractivity contribution in [2.45, 2.75) is 0 Å². The van der Waals surface area contributed by atoms with Crippen molar-refractivity contribution in [1.29, 1.82) is 0 Å². The first-order valence-corrected chi connectivity index (χ1v) is 5.80. The molecule has 0 saturated carbocycles. The van der Waals surface area contributed by atoms with E-state index in [-0.39, 0.29) is 0 Å². The lowest BCUT2D eigenvalue weighted by molar-refractivity contribution is 0.125. The van der Waals surface area contributed by atoms with Gasteiger partial charge >= 0.3 is 0 Å². The van der Waals surface area contributed by atoms with Crippen LogP contribution < -0.4 is 0 Å². The van der Waals surface area contributed by atoms with Crippen molar-refractivity contribution >= 4 is 0 Å². The number of likely N-dealkylation sites (N-methyl/N-ethyl adjacent to an activating group) is 2. The first-order chi connectivity index (χ1) is 7.22. The van der Waals surface area contributed by atoms with Crippen LogP contribution in [0.15, 0.2) is 0 Å². The Morgan fingerprint density at radius 2 is 1.80 bits per heavy atom. The highest BCUT2D eigenvalue weighted by Crippen LogP contribution is 1.98. The summed E-state index contributed by atoms with van der Waals surface area (Å²) in [7, 11) is 6.12. The average Bonchev–Trinajstić information content (AvgIpc) is 2.25. The summed E-state index contributed by atoms with van der Waals surface area (Å²) >= 11 is 0. The van der Waals surface area contributed by atoms with Gasteiger partial charge in [0.05, 0.1) is 6.61 Å². The van der Waals surface area contributed by atoms with Crippen molar-refractivity contribution < 1.29 is 4.74 Å². The molecule has 1 rings (SSSR count). The van der Waals surface area contributed by atoms with E-state index in [0.29, 0.717) is 0 Å². The van der Waals surface area contributed by atoms with Crippen LogP contribution in [0.3, 0.4) is 0 Å². The van der Waals surface area contributed by atoms with E-state index >= 15 is 0 Å². The van der Waals surface area contributed by atoms with Crippen LogP contribution in [-0.4, -0.2) is 88.3 Å². The van der Waals surface area contributed by atoms with E-state index in [1.165, 1.54) is 32.7 Å². The number of piperazine rings is 1. The smallest absolute Gasteiger partial charge is 0.0589 e. The fourth-order valence-corrected chi connectivity index (χ4v) is 1.74. The fourth-order valence-electron chi connectivity index (χ4n) is 1.74. The van der Waals surface area contributed by atoms with Crippen LogP contribution in [0.4, 0.5) is 0 Å². The number of ether oxygens (including phenoxy) is 1. The van der Waals surface area contributed by atoms with E-state index in [1.54, 1.807) is 7.11 Å². The molecule has 0 aliphatic carbocycles. The Morgan fingerprint density at radius 1 is 1.13 bits per heavy atom. The number of hydrogen-bond donors (Lipinski definition) is 0. The van der Waals surface area contributed by atoms with Crippen molar-refractivity contribution in [3.05, 3.63) is 0 Å². The highest BCUT2D eigenvalue weighted by Gasteiger charge is 2.13. The molecule has 0 spiro atoms. The molecule has 0 bridgehead atoms. The fraction of sp³-hybridized carbons (Fsp3) is 1.00. The maximum Gasteiger partial charge on any atom is 0.0589 e. The van der Waals surface area contributed by atoms with Gasteiger partial charge in [-0.25, -0.2) is 0 Å². The first-order valence-electron chi connectivity index (χ1n) is 5.80. The zero-order valence-corrected chi connectivity index (χ0v) is 10.4. The molecule has 0 aromatic carbocycles. The topological polar surface area (TPSA) is 19.0 Å². The molecule has 0 atom stereocenters. The van der Waals surface area contributed by atoms with Gasteiger partial charge in [0.15, 0.2) is 0 Å². The molecule has 0 amide bonds. The Balaban J connectivity index is 2.04. The van der Waals surface area contributed by atoms with Crippen molar-refractivity contribution in [1.82, 2.24) is 14.7 Å². The lowest BCUT2D eigenvalue weighted by Gasteiger charge is -2.33. The molecule has 15 heavy (non-hydrogen) atoms. The molecular formula is C11H25N3O. The second-order valence-corrected chi connectivity index (χ2v) is 4.44. The lowest BCUT2D eigenvalue weighted by Crippen LogP contribution is -2.46. The van der Waals surface area contributed by atoms with Gasteiger partial charge in [-0.1, -0.05) is 0 Å². The summed E-state index contributed by atoms with van der Waals surface area (Å²) in [5.41, 5.74) is 0. The Labute approximate surface area is 93.8 Å². The van der Waals surface area contributed by atoms with Crippen molar-refractivity contribution in [3.8, 4) is 0 Å². The summed E-state index contributed by atoms with van der Waals surface area (Å²) in [6.07, 6.45) is 0. The van der Waals surface area contributed by atoms with Gasteiger partial charge in [0.25, 0.3) is 0 Å². The van der Waals surface area contributed by atoms with Crippen LogP contribution in [0.25, 0.3) is 0 Å². The van der Waals surface area contributed by atoms with Crippen LogP contribution in [0.5, 0.6) is 0 Å². The third-order valence-electron chi connectivity index (χ3n) is 3.07. The number of nitrogens with zero attached hydrogens (tertiary/aromatic N) is 3. The van der Waals surface area contributed by atoms with E-state index < -0.39 is 0 Å². The molecule has 0 aromatic rings. The van der Waals surface area contributed by atoms with Gasteiger partial charge in [0.1, 0.15) is 0 Å². The molecule has 1 aliphatic heterocycles. The van der Waals surface area contributed by atoms with Gasteiger partial charge in [0, 0.05) is 52.9 Å². The molecule has 4 heteroatoms. The van der Waals surface area contributed by atoms with Crippen LogP contribution in [0.1, 0.15) is 0 Å². The Hall–Kier alpha value is -0.160. The van der Waals surface area contributed by atoms with E-state index in [9.17, 15) is 0 Å². The number of hydrogen-bond acceptors (Lipinski definition) is 4. The second-order valence-electron chi connectivity index (χ2n) is 4.44. The van der Waals surface area contributed by atoms with Gasteiger partial charge in [-0.15, -0.1) is 0 Å². The molecule has 1 aliphatic rings. The molecule has 1 fully saturated rings. The molecule has 0 radical (unpaired) electrons. The normalized spacial score (nSPS) is 20.0. The average molecular weight is 215 g/mol. The van der Waals surface area contributed by atoms with Gasteiger partial charge in [-0.2, -0.15) is 0 Å². The maximum atomic E-state index is 5.06.